The first-order valence-corrected chi connectivity index (χ1v) is 8.57. The van der Waals surface area contributed by atoms with Crippen molar-refractivity contribution in [3.63, 3.8) is 0 Å². The van der Waals surface area contributed by atoms with Crippen LogP contribution in [0.4, 0.5) is 11.5 Å². The average Bonchev–Trinajstić information content (AvgIpc) is 2.53. The fourth-order valence-corrected chi connectivity index (χ4v) is 2.98. The highest BCUT2D eigenvalue weighted by Crippen LogP contribution is 2.31. The van der Waals surface area contributed by atoms with Gasteiger partial charge in [0.25, 0.3) is 0 Å². The van der Waals surface area contributed by atoms with Crippen LogP contribution in [0.1, 0.15) is 46.1 Å². The summed E-state index contributed by atoms with van der Waals surface area (Å²) >= 11 is 0. The number of pyridine rings is 1. The SMILES string of the molecule is CC(C)CN(c1ncc(C(C)(C)C(=O)O)cc1N)C1CCOCC1. The van der Waals surface area contributed by atoms with E-state index in [4.69, 9.17) is 10.5 Å². The van der Waals surface area contributed by atoms with Crippen LogP contribution >= 0.6 is 0 Å². The van der Waals surface area contributed by atoms with Crippen LogP contribution < -0.4 is 10.6 Å². The van der Waals surface area contributed by atoms with E-state index in [0.717, 1.165) is 38.4 Å². The van der Waals surface area contributed by atoms with Gasteiger partial charge in [-0.05, 0) is 44.2 Å². The van der Waals surface area contributed by atoms with Crippen molar-refractivity contribution in [2.24, 2.45) is 5.92 Å². The van der Waals surface area contributed by atoms with Crippen LogP contribution in [0.2, 0.25) is 0 Å². The lowest BCUT2D eigenvalue weighted by atomic mass is 9.85. The van der Waals surface area contributed by atoms with Crippen LogP contribution in [0.5, 0.6) is 0 Å². The van der Waals surface area contributed by atoms with Gasteiger partial charge in [0.05, 0.1) is 11.1 Å². The van der Waals surface area contributed by atoms with Gasteiger partial charge in [0.15, 0.2) is 5.82 Å². The topological polar surface area (TPSA) is 88.7 Å². The summed E-state index contributed by atoms with van der Waals surface area (Å²) in [5.41, 5.74) is 6.41. The minimum atomic E-state index is -1.01. The molecule has 0 radical (unpaired) electrons. The van der Waals surface area contributed by atoms with E-state index in [9.17, 15) is 9.90 Å². The van der Waals surface area contributed by atoms with E-state index in [2.05, 4.69) is 23.7 Å². The largest absolute Gasteiger partial charge is 0.481 e. The molecule has 0 aromatic carbocycles. The van der Waals surface area contributed by atoms with Gasteiger partial charge in [0.1, 0.15) is 0 Å². The smallest absolute Gasteiger partial charge is 0.313 e. The average molecular weight is 335 g/mol. The Labute approximate surface area is 144 Å². The highest BCUT2D eigenvalue weighted by molar-refractivity contribution is 5.81. The van der Waals surface area contributed by atoms with Crippen molar-refractivity contribution in [3.8, 4) is 0 Å². The zero-order chi connectivity index (χ0) is 17.9. The number of aliphatic carboxylic acids is 1. The molecule has 134 valence electrons. The molecule has 0 atom stereocenters. The molecule has 2 rings (SSSR count). The standard InChI is InChI=1S/C18H29N3O3/c1-12(2)11-21(14-5-7-24-8-6-14)16-15(19)9-13(10-20-16)18(3,4)17(22)23/h9-10,12,14H,5-8,11,19H2,1-4H3,(H,22,23). The van der Waals surface area contributed by atoms with Crippen molar-refractivity contribution in [2.45, 2.75) is 52.0 Å². The van der Waals surface area contributed by atoms with Gasteiger partial charge in [-0.1, -0.05) is 13.8 Å². The maximum atomic E-state index is 11.5. The van der Waals surface area contributed by atoms with E-state index < -0.39 is 11.4 Å². The zero-order valence-corrected chi connectivity index (χ0v) is 15.1. The lowest BCUT2D eigenvalue weighted by Crippen LogP contribution is -2.42. The molecule has 1 aliphatic rings. The maximum Gasteiger partial charge on any atom is 0.313 e. The molecule has 0 bridgehead atoms. The summed E-state index contributed by atoms with van der Waals surface area (Å²) in [5.74, 6) is 0.338. The van der Waals surface area contributed by atoms with E-state index in [1.807, 2.05) is 0 Å². The van der Waals surface area contributed by atoms with E-state index in [-0.39, 0.29) is 0 Å². The number of carboxylic acids is 1. The third kappa shape index (κ3) is 3.98. The number of ether oxygens (including phenoxy) is 1. The quantitative estimate of drug-likeness (QED) is 0.831. The van der Waals surface area contributed by atoms with E-state index in [0.29, 0.717) is 23.2 Å². The minimum Gasteiger partial charge on any atom is -0.481 e. The molecule has 6 heteroatoms. The van der Waals surface area contributed by atoms with Gasteiger partial charge >= 0.3 is 5.97 Å². The fraction of sp³-hybridized carbons (Fsp3) is 0.667. The molecule has 1 aromatic heterocycles. The number of carbonyl (C=O) groups is 1. The number of nitrogens with two attached hydrogens (primary N) is 1. The third-order valence-electron chi connectivity index (χ3n) is 4.62. The first-order chi connectivity index (χ1) is 11.2. The molecular weight excluding hydrogens is 306 g/mol. The molecule has 0 amide bonds. The van der Waals surface area contributed by atoms with Gasteiger partial charge in [-0.2, -0.15) is 0 Å². The number of aromatic nitrogens is 1. The predicted octanol–water partition coefficient (Wildman–Crippen LogP) is 2.67. The molecule has 1 fully saturated rings. The highest BCUT2D eigenvalue weighted by atomic mass is 16.5. The summed E-state index contributed by atoms with van der Waals surface area (Å²) in [4.78, 5) is 18.3. The second-order valence-corrected chi connectivity index (χ2v) is 7.46. The van der Waals surface area contributed by atoms with Crippen molar-refractivity contribution in [2.75, 3.05) is 30.4 Å². The van der Waals surface area contributed by atoms with E-state index in [1.54, 1.807) is 26.1 Å². The van der Waals surface area contributed by atoms with E-state index in [1.165, 1.54) is 0 Å². The van der Waals surface area contributed by atoms with Gasteiger partial charge in [-0.25, -0.2) is 4.98 Å². The molecule has 3 N–H and O–H groups in total. The summed E-state index contributed by atoms with van der Waals surface area (Å²) in [5, 5.41) is 9.39. The third-order valence-corrected chi connectivity index (χ3v) is 4.62. The van der Waals surface area contributed by atoms with Crippen molar-refractivity contribution in [1.82, 2.24) is 4.98 Å². The van der Waals surface area contributed by atoms with Gasteiger partial charge in [0, 0.05) is 32.0 Å². The lowest BCUT2D eigenvalue weighted by Gasteiger charge is -2.37. The molecule has 24 heavy (non-hydrogen) atoms. The van der Waals surface area contributed by atoms with Crippen LogP contribution in [0.25, 0.3) is 0 Å². The molecular formula is C18H29N3O3. The summed E-state index contributed by atoms with van der Waals surface area (Å²) < 4.78 is 5.47. The summed E-state index contributed by atoms with van der Waals surface area (Å²) in [7, 11) is 0. The Morgan fingerprint density at radius 3 is 2.58 bits per heavy atom. The van der Waals surface area contributed by atoms with E-state index >= 15 is 0 Å². The molecule has 0 aliphatic carbocycles. The lowest BCUT2D eigenvalue weighted by molar-refractivity contribution is -0.142. The maximum absolute atomic E-state index is 11.5. The summed E-state index contributed by atoms with van der Waals surface area (Å²) in [6.45, 7) is 10.0. The highest BCUT2D eigenvalue weighted by Gasteiger charge is 2.31. The van der Waals surface area contributed by atoms with Crippen molar-refractivity contribution in [3.05, 3.63) is 17.8 Å². The Hall–Kier alpha value is -1.82. The number of carboxylic acid groups (broad SMARTS) is 1. The molecule has 0 spiro atoms. The fourth-order valence-electron chi connectivity index (χ4n) is 2.98. The number of hydrogen-bond donors (Lipinski definition) is 2. The Morgan fingerprint density at radius 2 is 2.08 bits per heavy atom. The van der Waals surface area contributed by atoms with Crippen molar-refractivity contribution >= 4 is 17.5 Å². The van der Waals surface area contributed by atoms with Gasteiger partial charge in [-0.15, -0.1) is 0 Å². The number of anilines is 2. The Kier molecular flexibility index (Phi) is 5.70. The molecule has 1 aliphatic heterocycles. The molecule has 0 saturated carbocycles. The number of nitrogens with zero attached hydrogens (tertiary/aromatic N) is 2. The Bertz CT molecular complexity index is 581. The molecule has 0 unspecified atom stereocenters. The van der Waals surface area contributed by atoms with Crippen LogP contribution in [0.3, 0.4) is 0 Å². The molecule has 2 heterocycles. The van der Waals surface area contributed by atoms with Crippen LogP contribution in [-0.2, 0) is 14.9 Å². The zero-order valence-electron chi connectivity index (χ0n) is 15.1. The van der Waals surface area contributed by atoms with Crippen LogP contribution in [-0.4, -0.2) is 41.9 Å². The first-order valence-electron chi connectivity index (χ1n) is 8.57. The monoisotopic (exact) mass is 335 g/mol. The second-order valence-electron chi connectivity index (χ2n) is 7.46. The normalized spacial score (nSPS) is 16.4. The second kappa shape index (κ2) is 7.38. The Morgan fingerprint density at radius 1 is 1.46 bits per heavy atom. The minimum absolute atomic E-state index is 0.356. The van der Waals surface area contributed by atoms with Crippen molar-refractivity contribution < 1.29 is 14.6 Å². The molecule has 1 saturated heterocycles. The van der Waals surface area contributed by atoms with Crippen molar-refractivity contribution in [1.29, 1.82) is 0 Å². The number of rotatable bonds is 6. The van der Waals surface area contributed by atoms with Gasteiger partial charge < -0.3 is 20.5 Å². The van der Waals surface area contributed by atoms with Gasteiger partial charge in [0.2, 0.25) is 0 Å². The van der Waals surface area contributed by atoms with Crippen LogP contribution in [0.15, 0.2) is 12.3 Å². The molecule has 6 nitrogen and oxygen atoms in total. The predicted molar refractivity (Wildman–Crippen MR) is 95.3 cm³/mol. The molecule has 1 aromatic rings. The number of nitrogen functional groups attached to an aromatic ring is 1. The Balaban J connectivity index is 2.34. The van der Waals surface area contributed by atoms with Crippen LogP contribution in [0, 0.1) is 5.92 Å². The van der Waals surface area contributed by atoms with Gasteiger partial charge in [-0.3, -0.25) is 4.79 Å². The summed E-state index contributed by atoms with van der Waals surface area (Å²) in [6, 6.07) is 2.11. The first kappa shape index (κ1) is 18.5. The summed E-state index contributed by atoms with van der Waals surface area (Å²) in [6.07, 6.45) is 3.55. The number of hydrogen-bond acceptors (Lipinski definition) is 5.